The number of hydrogen-bond donors (Lipinski definition) is 3. The average Bonchev–Trinajstić information content (AvgIpc) is 2.77. The molecule has 168 valence electrons. The van der Waals surface area contributed by atoms with Gasteiger partial charge in [0.15, 0.2) is 6.10 Å². The molecular formula is C24H31BrN2O4. The molecule has 0 aliphatic rings. The zero-order chi connectivity index (χ0) is 22.5. The molecular weight excluding hydrogens is 460 g/mol. The Bertz CT molecular complexity index is 816. The van der Waals surface area contributed by atoms with Gasteiger partial charge in [-0.15, -0.1) is 0 Å². The highest BCUT2D eigenvalue weighted by Crippen LogP contribution is 2.14. The summed E-state index contributed by atoms with van der Waals surface area (Å²) in [5.41, 5.74) is 1.98. The molecule has 0 radical (unpaired) electrons. The normalized spacial score (nSPS) is 12.7. The van der Waals surface area contributed by atoms with Crippen molar-refractivity contribution in [3.8, 4) is 0 Å². The number of nitrogens with one attached hydrogen (secondary N) is 2. The van der Waals surface area contributed by atoms with Crippen LogP contribution in [0.25, 0.3) is 0 Å². The van der Waals surface area contributed by atoms with Gasteiger partial charge >= 0.3 is 0 Å². The average molecular weight is 491 g/mol. The van der Waals surface area contributed by atoms with E-state index in [0.29, 0.717) is 19.4 Å². The lowest BCUT2D eigenvalue weighted by atomic mass is 10.1. The van der Waals surface area contributed by atoms with Crippen molar-refractivity contribution in [2.75, 3.05) is 13.1 Å². The van der Waals surface area contributed by atoms with Crippen molar-refractivity contribution in [3.63, 3.8) is 0 Å². The molecule has 0 aliphatic heterocycles. The number of benzene rings is 2. The lowest BCUT2D eigenvalue weighted by molar-refractivity contribution is -0.142. The van der Waals surface area contributed by atoms with Crippen molar-refractivity contribution in [1.29, 1.82) is 0 Å². The fraction of sp³-hybridized carbons (Fsp3) is 0.417. The summed E-state index contributed by atoms with van der Waals surface area (Å²) >= 11 is 3.41. The quantitative estimate of drug-likeness (QED) is 0.401. The fourth-order valence-electron chi connectivity index (χ4n) is 3.00. The number of halogens is 1. The van der Waals surface area contributed by atoms with Gasteiger partial charge in [0, 0.05) is 24.0 Å². The topological polar surface area (TPSA) is 87.7 Å². The Morgan fingerprint density at radius 2 is 1.81 bits per heavy atom. The van der Waals surface area contributed by atoms with Gasteiger partial charge in [-0.25, -0.2) is 0 Å². The van der Waals surface area contributed by atoms with Crippen LogP contribution in [-0.4, -0.2) is 42.2 Å². The predicted molar refractivity (Wildman–Crippen MR) is 124 cm³/mol. The summed E-state index contributed by atoms with van der Waals surface area (Å²) in [4.78, 5) is 24.6. The Morgan fingerprint density at radius 1 is 1.06 bits per heavy atom. The minimum atomic E-state index is -1.16. The number of hydrogen-bond acceptors (Lipinski definition) is 4. The van der Waals surface area contributed by atoms with E-state index in [1.165, 1.54) is 0 Å². The number of carbonyl (C=O) groups is 2. The van der Waals surface area contributed by atoms with Crippen LogP contribution in [0.1, 0.15) is 37.3 Å². The number of aliphatic hydroxyl groups excluding tert-OH is 1. The molecule has 6 nitrogen and oxygen atoms in total. The Kier molecular flexibility index (Phi) is 11.3. The molecule has 7 heteroatoms. The van der Waals surface area contributed by atoms with Crippen molar-refractivity contribution in [3.05, 3.63) is 70.2 Å². The maximum Gasteiger partial charge on any atom is 0.251 e. The molecule has 0 aromatic heterocycles. The molecule has 0 spiro atoms. The first-order valence-corrected chi connectivity index (χ1v) is 11.4. The zero-order valence-electron chi connectivity index (χ0n) is 17.9. The number of amides is 2. The van der Waals surface area contributed by atoms with Gasteiger partial charge in [-0.05, 0) is 36.1 Å². The maximum absolute atomic E-state index is 12.8. The van der Waals surface area contributed by atoms with Crippen LogP contribution in [0.15, 0.2) is 59.1 Å². The van der Waals surface area contributed by atoms with Crippen molar-refractivity contribution in [2.45, 2.75) is 51.4 Å². The van der Waals surface area contributed by atoms with Crippen LogP contribution in [-0.2, 0) is 27.4 Å². The van der Waals surface area contributed by atoms with Gasteiger partial charge in [-0.3, -0.25) is 9.59 Å². The number of ether oxygens (including phenoxy) is 1. The van der Waals surface area contributed by atoms with E-state index >= 15 is 0 Å². The van der Waals surface area contributed by atoms with Gasteiger partial charge in [-0.1, -0.05) is 71.7 Å². The predicted octanol–water partition coefficient (Wildman–Crippen LogP) is 3.36. The van der Waals surface area contributed by atoms with Gasteiger partial charge in [-0.2, -0.15) is 0 Å². The van der Waals surface area contributed by atoms with E-state index in [-0.39, 0.29) is 19.1 Å². The van der Waals surface area contributed by atoms with Crippen molar-refractivity contribution >= 4 is 27.7 Å². The first-order chi connectivity index (χ1) is 15.0. The number of unbranched alkanes of at least 4 members (excludes halogenated alkanes) is 1. The lowest BCUT2D eigenvalue weighted by Crippen LogP contribution is -2.49. The minimum Gasteiger partial charge on any atom is -0.388 e. The van der Waals surface area contributed by atoms with Crippen LogP contribution in [0.4, 0.5) is 0 Å². The zero-order valence-corrected chi connectivity index (χ0v) is 19.4. The van der Waals surface area contributed by atoms with Crippen molar-refractivity contribution in [2.24, 2.45) is 0 Å². The van der Waals surface area contributed by atoms with E-state index in [1.54, 1.807) is 0 Å². The highest BCUT2D eigenvalue weighted by Gasteiger charge is 2.28. The summed E-state index contributed by atoms with van der Waals surface area (Å²) in [7, 11) is 0. The third-order valence-electron chi connectivity index (χ3n) is 4.75. The first-order valence-electron chi connectivity index (χ1n) is 10.6. The van der Waals surface area contributed by atoms with E-state index in [0.717, 1.165) is 28.4 Å². The van der Waals surface area contributed by atoms with Crippen molar-refractivity contribution in [1.82, 2.24) is 10.6 Å². The van der Waals surface area contributed by atoms with Crippen LogP contribution < -0.4 is 10.6 Å². The number of rotatable bonds is 13. The van der Waals surface area contributed by atoms with Crippen LogP contribution in [0.3, 0.4) is 0 Å². The Labute approximate surface area is 192 Å². The molecule has 2 aromatic carbocycles. The van der Waals surface area contributed by atoms with Gasteiger partial charge in [0.25, 0.3) is 5.91 Å². The van der Waals surface area contributed by atoms with Crippen LogP contribution in [0.2, 0.25) is 0 Å². The Balaban J connectivity index is 1.94. The highest BCUT2D eigenvalue weighted by molar-refractivity contribution is 9.10. The molecule has 2 amide bonds. The van der Waals surface area contributed by atoms with Crippen LogP contribution in [0.5, 0.6) is 0 Å². The van der Waals surface area contributed by atoms with Crippen LogP contribution in [0, 0.1) is 0 Å². The third kappa shape index (κ3) is 9.63. The third-order valence-corrected chi connectivity index (χ3v) is 5.24. The Morgan fingerprint density at radius 3 is 2.52 bits per heavy atom. The number of aliphatic hydroxyl groups is 1. The first kappa shape index (κ1) is 25.0. The lowest BCUT2D eigenvalue weighted by Gasteiger charge is -2.23. The molecule has 0 bridgehead atoms. The summed E-state index contributed by atoms with van der Waals surface area (Å²) in [5.74, 6) is -0.544. The second kappa shape index (κ2) is 14.0. The van der Waals surface area contributed by atoms with Gasteiger partial charge in [0.05, 0.1) is 6.61 Å². The van der Waals surface area contributed by atoms with E-state index in [4.69, 9.17) is 4.74 Å². The molecule has 3 N–H and O–H groups in total. The largest absolute Gasteiger partial charge is 0.388 e. The molecule has 0 saturated heterocycles. The fourth-order valence-corrected chi connectivity index (χ4v) is 3.45. The maximum atomic E-state index is 12.8. The summed E-state index contributed by atoms with van der Waals surface area (Å²) in [6, 6.07) is 17.4. The van der Waals surface area contributed by atoms with E-state index in [2.05, 4.69) is 26.6 Å². The molecule has 0 heterocycles. The molecule has 0 fully saturated rings. The second-order valence-corrected chi connectivity index (χ2v) is 8.28. The minimum absolute atomic E-state index is 0.0438. The van der Waals surface area contributed by atoms with E-state index in [9.17, 15) is 14.7 Å². The monoisotopic (exact) mass is 490 g/mol. The standard InChI is InChI=1S/C24H31BrN2O4/c1-2-3-12-22(29)27-16-21(28)23(31-17-19-10-7-11-20(25)15-19)24(30)26-14-13-18-8-5-4-6-9-18/h4-11,15,21,23,28H,2-3,12-14,16-17H2,1H3,(H,26,30)(H,27,29)/t21-,23-/m1/s1. The molecule has 31 heavy (non-hydrogen) atoms. The van der Waals surface area contributed by atoms with Gasteiger partial charge in [0.2, 0.25) is 5.91 Å². The molecule has 0 aliphatic carbocycles. The summed E-state index contributed by atoms with van der Waals surface area (Å²) in [5, 5.41) is 16.1. The summed E-state index contributed by atoms with van der Waals surface area (Å²) < 4.78 is 6.69. The molecule has 0 saturated carbocycles. The van der Waals surface area contributed by atoms with Gasteiger partial charge < -0.3 is 20.5 Å². The Hall–Kier alpha value is -2.22. The SMILES string of the molecule is CCCCC(=O)NC[C@@H](O)[C@@H](OCc1cccc(Br)c1)C(=O)NCCc1ccccc1. The molecule has 2 atom stereocenters. The smallest absolute Gasteiger partial charge is 0.251 e. The number of carbonyl (C=O) groups excluding carboxylic acids is 2. The van der Waals surface area contributed by atoms with E-state index in [1.807, 2.05) is 61.5 Å². The molecule has 2 aromatic rings. The summed E-state index contributed by atoms with van der Waals surface area (Å²) in [6.45, 7) is 2.55. The van der Waals surface area contributed by atoms with Crippen LogP contribution >= 0.6 is 15.9 Å². The van der Waals surface area contributed by atoms with Crippen molar-refractivity contribution < 1.29 is 19.4 Å². The highest BCUT2D eigenvalue weighted by atomic mass is 79.9. The van der Waals surface area contributed by atoms with E-state index < -0.39 is 18.1 Å². The van der Waals surface area contributed by atoms with Gasteiger partial charge in [0.1, 0.15) is 6.10 Å². The molecule has 0 unspecified atom stereocenters. The molecule has 2 rings (SSSR count). The second-order valence-electron chi connectivity index (χ2n) is 7.36. The summed E-state index contributed by atoms with van der Waals surface area (Å²) in [6.07, 6.45) is 0.518.